The van der Waals surface area contributed by atoms with E-state index >= 15 is 0 Å². The van der Waals surface area contributed by atoms with Crippen molar-refractivity contribution in [3.63, 3.8) is 0 Å². The molecule has 0 atom stereocenters. The Hall–Kier alpha value is -1.71. The fourth-order valence-corrected chi connectivity index (χ4v) is 1.98. The fraction of sp³-hybridized carbons (Fsp3) is 0.0667. The maximum atomic E-state index is 11.0. The van der Waals surface area contributed by atoms with Crippen LogP contribution in [0.4, 0.5) is 0 Å². The third-order valence-electron chi connectivity index (χ3n) is 2.56. The van der Waals surface area contributed by atoms with Crippen LogP contribution in [0.5, 0.6) is 0 Å². The number of rotatable bonds is 3. The molecule has 9 heteroatoms. The minimum atomic E-state index is -4.00. The minimum Gasteiger partial charge on any atom is -0.545 e. The maximum absolute atomic E-state index is 11.0. The smallest absolute Gasteiger partial charge is 0.545 e. The van der Waals surface area contributed by atoms with E-state index in [1.165, 1.54) is 43.5 Å². The number of carboxylic acids is 1. The van der Waals surface area contributed by atoms with Crippen LogP contribution in [0, 0.1) is 0 Å². The predicted molar refractivity (Wildman–Crippen MR) is 78.4 cm³/mol. The summed E-state index contributed by atoms with van der Waals surface area (Å²) in [5, 5.41) is 10.4. The van der Waals surface area contributed by atoms with Gasteiger partial charge in [-0.05, 0) is 29.8 Å². The van der Waals surface area contributed by atoms with Gasteiger partial charge in [-0.2, -0.15) is 8.42 Å². The normalized spacial score (nSPS) is 9.75. The van der Waals surface area contributed by atoms with E-state index in [0.717, 1.165) is 0 Å². The SMILES string of the molecule is COC(=O)c1cccc(C(=O)[O-])c1.O=S(=O)(O)c1ccccc1.[Na+]. The number of esters is 1. The van der Waals surface area contributed by atoms with E-state index in [0.29, 0.717) is 0 Å². The molecular weight excluding hydrogens is 347 g/mol. The van der Waals surface area contributed by atoms with Crippen molar-refractivity contribution in [1.29, 1.82) is 0 Å². The summed E-state index contributed by atoms with van der Waals surface area (Å²) in [5.74, 6) is -1.88. The molecule has 0 bridgehead atoms. The molecule has 0 fully saturated rings. The molecule has 2 rings (SSSR count). The van der Waals surface area contributed by atoms with Crippen molar-refractivity contribution in [3.05, 3.63) is 65.7 Å². The van der Waals surface area contributed by atoms with E-state index in [4.69, 9.17) is 4.55 Å². The van der Waals surface area contributed by atoms with Crippen LogP contribution in [-0.4, -0.2) is 32.0 Å². The second kappa shape index (κ2) is 10.2. The molecule has 2 aromatic carbocycles. The van der Waals surface area contributed by atoms with Crippen molar-refractivity contribution in [2.75, 3.05) is 7.11 Å². The van der Waals surface area contributed by atoms with E-state index in [1.54, 1.807) is 18.2 Å². The van der Waals surface area contributed by atoms with Crippen LogP contribution in [0.3, 0.4) is 0 Å². The summed E-state index contributed by atoms with van der Waals surface area (Å²) in [6, 6.07) is 12.9. The number of carbonyl (C=O) groups excluding carboxylic acids is 2. The van der Waals surface area contributed by atoms with Crippen LogP contribution in [0.15, 0.2) is 59.5 Å². The number of carboxylic acid groups (broad SMARTS) is 1. The number of carbonyl (C=O) groups is 2. The largest absolute Gasteiger partial charge is 1.00 e. The van der Waals surface area contributed by atoms with Crippen molar-refractivity contribution in [3.8, 4) is 0 Å². The van der Waals surface area contributed by atoms with Gasteiger partial charge in [0.1, 0.15) is 0 Å². The Labute approximate surface area is 161 Å². The van der Waals surface area contributed by atoms with Crippen molar-refractivity contribution >= 4 is 22.1 Å². The number of hydrogen-bond acceptors (Lipinski definition) is 6. The molecule has 0 aromatic heterocycles. The average molecular weight is 360 g/mol. The zero-order chi connectivity index (χ0) is 17.5. The summed E-state index contributed by atoms with van der Waals surface area (Å²) in [4.78, 5) is 21.3. The molecule has 0 aliphatic rings. The average Bonchev–Trinajstić information content (AvgIpc) is 2.55. The summed E-state index contributed by atoms with van der Waals surface area (Å²) < 4.78 is 33.7. The van der Waals surface area contributed by atoms with Gasteiger partial charge in [0, 0.05) is 0 Å². The molecule has 2 aromatic rings. The van der Waals surface area contributed by atoms with Gasteiger partial charge in [0.25, 0.3) is 10.1 Å². The zero-order valence-corrected chi connectivity index (χ0v) is 15.8. The predicted octanol–water partition coefficient (Wildman–Crippen LogP) is -2.23. The van der Waals surface area contributed by atoms with Crippen LogP contribution >= 0.6 is 0 Å². The molecule has 0 radical (unpaired) electrons. The van der Waals surface area contributed by atoms with Gasteiger partial charge in [0.15, 0.2) is 0 Å². The maximum Gasteiger partial charge on any atom is 1.00 e. The Kier molecular flexibility index (Phi) is 9.49. The van der Waals surface area contributed by atoms with Gasteiger partial charge in [-0.15, -0.1) is 0 Å². The standard InChI is InChI=1S/C9H8O4.C6H6O3S.Na/c1-13-9(12)7-4-2-3-6(5-7)8(10)11;7-10(8,9)6-4-2-1-3-5-6;/h2-5H,1H3,(H,10,11);1-5H,(H,7,8,9);/q;;+1/p-1. The molecular formula is C15H13NaO7S. The third-order valence-corrected chi connectivity index (χ3v) is 3.43. The van der Waals surface area contributed by atoms with Crippen LogP contribution in [0.25, 0.3) is 0 Å². The van der Waals surface area contributed by atoms with Crippen molar-refractivity contribution < 1.29 is 62.0 Å². The zero-order valence-electron chi connectivity index (χ0n) is 13.0. The quantitative estimate of drug-likeness (QED) is 0.374. The molecule has 122 valence electrons. The van der Waals surface area contributed by atoms with Gasteiger partial charge < -0.3 is 14.6 Å². The first kappa shape index (κ1) is 22.3. The van der Waals surface area contributed by atoms with Gasteiger partial charge in [0.05, 0.1) is 23.5 Å². The van der Waals surface area contributed by atoms with Gasteiger partial charge in [0.2, 0.25) is 0 Å². The van der Waals surface area contributed by atoms with Gasteiger partial charge in [-0.1, -0.05) is 30.3 Å². The van der Waals surface area contributed by atoms with Crippen molar-refractivity contribution in [2.45, 2.75) is 4.90 Å². The molecule has 24 heavy (non-hydrogen) atoms. The number of methoxy groups -OCH3 is 1. The first-order chi connectivity index (χ1) is 10.8. The molecule has 0 saturated carbocycles. The van der Waals surface area contributed by atoms with E-state index in [-0.39, 0.29) is 45.6 Å². The molecule has 1 N–H and O–H groups in total. The monoisotopic (exact) mass is 360 g/mol. The number of aromatic carboxylic acids is 1. The number of benzene rings is 2. The first-order valence-corrected chi connectivity index (χ1v) is 7.62. The summed E-state index contributed by atoms with van der Waals surface area (Å²) in [6.45, 7) is 0. The summed E-state index contributed by atoms with van der Waals surface area (Å²) in [6.07, 6.45) is 0. The summed E-state index contributed by atoms with van der Waals surface area (Å²) in [7, 11) is -2.77. The molecule has 7 nitrogen and oxygen atoms in total. The molecule has 0 aliphatic carbocycles. The summed E-state index contributed by atoms with van der Waals surface area (Å²) in [5.41, 5.74) is 0.159. The summed E-state index contributed by atoms with van der Waals surface area (Å²) >= 11 is 0. The van der Waals surface area contributed by atoms with Crippen LogP contribution in [-0.2, 0) is 14.9 Å². The van der Waals surface area contributed by atoms with Crippen LogP contribution in [0.1, 0.15) is 20.7 Å². The van der Waals surface area contributed by atoms with E-state index in [1.807, 2.05) is 0 Å². The van der Waals surface area contributed by atoms with Crippen molar-refractivity contribution in [2.24, 2.45) is 0 Å². The second-order valence-electron chi connectivity index (χ2n) is 4.15. The van der Waals surface area contributed by atoms with Crippen molar-refractivity contribution in [1.82, 2.24) is 0 Å². The van der Waals surface area contributed by atoms with Crippen LogP contribution < -0.4 is 34.7 Å². The van der Waals surface area contributed by atoms with E-state index in [2.05, 4.69) is 4.74 Å². The fourth-order valence-electron chi connectivity index (χ4n) is 1.48. The van der Waals surface area contributed by atoms with Gasteiger partial charge in [-0.3, -0.25) is 4.55 Å². The first-order valence-electron chi connectivity index (χ1n) is 6.18. The number of ether oxygens (including phenoxy) is 1. The Morgan fingerprint density at radius 3 is 1.96 bits per heavy atom. The Morgan fingerprint density at radius 2 is 1.54 bits per heavy atom. The van der Waals surface area contributed by atoms with E-state index in [9.17, 15) is 23.1 Å². The second-order valence-corrected chi connectivity index (χ2v) is 5.57. The van der Waals surface area contributed by atoms with Crippen LogP contribution in [0.2, 0.25) is 0 Å². The Balaban J connectivity index is 0.000000436. The topological polar surface area (TPSA) is 121 Å². The minimum absolute atomic E-state index is 0. The Morgan fingerprint density at radius 1 is 1.00 bits per heavy atom. The Bertz CT molecular complexity index is 788. The van der Waals surface area contributed by atoms with Gasteiger partial charge in [-0.25, -0.2) is 4.79 Å². The molecule has 0 saturated heterocycles. The molecule has 0 unspecified atom stereocenters. The van der Waals surface area contributed by atoms with Gasteiger partial charge >= 0.3 is 35.5 Å². The van der Waals surface area contributed by atoms with E-state index < -0.39 is 22.1 Å². The molecule has 0 amide bonds. The third kappa shape index (κ3) is 7.24. The molecule has 0 aliphatic heterocycles. The molecule has 0 heterocycles. The number of hydrogen-bond donors (Lipinski definition) is 1. The molecule has 0 spiro atoms.